The molecule has 2 aliphatic rings. The van der Waals surface area contributed by atoms with Crippen molar-refractivity contribution in [2.45, 2.75) is 31.2 Å². The molecular weight excluding hydrogens is 354 g/mol. The third-order valence-electron chi connectivity index (χ3n) is 5.88. The van der Waals surface area contributed by atoms with Gasteiger partial charge in [-0.1, -0.05) is 6.07 Å². The molecule has 0 radical (unpaired) electrons. The molecule has 1 aliphatic carbocycles. The zero-order chi connectivity index (χ0) is 18.8. The van der Waals surface area contributed by atoms with Crippen LogP contribution in [-0.2, 0) is 0 Å². The number of nitrogens with two attached hydrogens (primary N) is 1. The second-order valence-electron chi connectivity index (χ2n) is 7.45. The van der Waals surface area contributed by atoms with E-state index in [1.54, 1.807) is 16.8 Å². The number of carbonyl (C=O) groups excluding carboxylic acids is 1. The van der Waals surface area contributed by atoms with Gasteiger partial charge >= 0.3 is 0 Å². The van der Waals surface area contributed by atoms with Crippen molar-refractivity contribution in [1.29, 1.82) is 0 Å². The first-order chi connectivity index (χ1) is 13.7. The van der Waals surface area contributed by atoms with Crippen LogP contribution in [0.5, 0.6) is 0 Å². The molecule has 1 saturated carbocycles. The maximum absolute atomic E-state index is 11.5. The van der Waals surface area contributed by atoms with Crippen molar-refractivity contribution >= 4 is 11.6 Å². The zero-order valence-corrected chi connectivity index (χ0v) is 15.0. The Hall–Kier alpha value is -3.55. The molecule has 0 aromatic carbocycles. The molecule has 4 aromatic heterocycles. The molecule has 138 valence electrons. The number of primary amides is 1. The minimum absolute atomic E-state index is 0.129. The Morgan fingerprint density at radius 2 is 2.11 bits per heavy atom. The normalized spacial score (nSPS) is 20.0. The smallest absolute Gasteiger partial charge is 0.287 e. The second kappa shape index (κ2) is 5.48. The van der Waals surface area contributed by atoms with Crippen molar-refractivity contribution in [3.05, 3.63) is 54.4 Å². The highest BCUT2D eigenvalue weighted by Crippen LogP contribution is 2.52. The van der Waals surface area contributed by atoms with Gasteiger partial charge in [0.05, 0.1) is 11.4 Å². The summed E-state index contributed by atoms with van der Waals surface area (Å²) in [5, 5.41) is 8.03. The van der Waals surface area contributed by atoms with E-state index < -0.39 is 5.91 Å². The van der Waals surface area contributed by atoms with E-state index >= 15 is 0 Å². The predicted molar refractivity (Wildman–Crippen MR) is 102 cm³/mol. The number of hydrogen-bond donors (Lipinski definition) is 1. The molecule has 1 aliphatic heterocycles. The van der Waals surface area contributed by atoms with Gasteiger partial charge in [0.25, 0.3) is 5.91 Å². The quantitative estimate of drug-likeness (QED) is 0.596. The van der Waals surface area contributed by atoms with Crippen molar-refractivity contribution in [1.82, 2.24) is 29.1 Å². The number of fused-ring (bicyclic) bond motifs is 6. The van der Waals surface area contributed by atoms with Gasteiger partial charge in [-0.05, 0) is 43.5 Å². The minimum atomic E-state index is -0.600. The maximum atomic E-state index is 11.5. The number of hydrogen-bond acceptors (Lipinski definition) is 5. The summed E-state index contributed by atoms with van der Waals surface area (Å²) in [5.74, 6) is 1.21. The van der Waals surface area contributed by atoms with Crippen LogP contribution in [0.15, 0.2) is 42.7 Å². The molecular formula is C20H17N7O. The first-order valence-corrected chi connectivity index (χ1v) is 9.39. The topological polar surface area (TPSA) is 104 Å². The van der Waals surface area contributed by atoms with Gasteiger partial charge < -0.3 is 10.3 Å². The third-order valence-corrected chi connectivity index (χ3v) is 5.88. The maximum Gasteiger partial charge on any atom is 0.287 e. The number of pyridine rings is 2. The highest BCUT2D eigenvalue weighted by Gasteiger charge is 2.41. The van der Waals surface area contributed by atoms with Crippen molar-refractivity contribution in [3.8, 4) is 22.6 Å². The summed E-state index contributed by atoms with van der Waals surface area (Å²) in [6.45, 7) is 0. The van der Waals surface area contributed by atoms with Crippen LogP contribution in [0.4, 0.5) is 0 Å². The van der Waals surface area contributed by atoms with Crippen LogP contribution in [0.2, 0.25) is 0 Å². The van der Waals surface area contributed by atoms with E-state index in [1.807, 2.05) is 30.3 Å². The van der Waals surface area contributed by atoms with E-state index in [4.69, 9.17) is 10.7 Å². The van der Waals surface area contributed by atoms with Crippen LogP contribution in [-0.4, -0.2) is 35.0 Å². The number of aromatic nitrogens is 6. The van der Waals surface area contributed by atoms with Gasteiger partial charge in [0.2, 0.25) is 5.82 Å². The summed E-state index contributed by atoms with van der Waals surface area (Å²) in [7, 11) is 0. The fourth-order valence-corrected chi connectivity index (χ4v) is 4.70. The molecule has 4 aromatic rings. The fourth-order valence-electron chi connectivity index (χ4n) is 4.70. The van der Waals surface area contributed by atoms with E-state index in [1.165, 1.54) is 12.8 Å². The largest absolute Gasteiger partial charge is 0.363 e. The Kier molecular flexibility index (Phi) is 3.03. The van der Waals surface area contributed by atoms with Gasteiger partial charge in [0.15, 0.2) is 5.65 Å². The van der Waals surface area contributed by atoms with Crippen molar-refractivity contribution in [2.24, 2.45) is 5.73 Å². The first kappa shape index (κ1) is 15.5. The molecule has 1 amide bonds. The number of nitrogens with zero attached hydrogens (tertiary/aromatic N) is 6. The molecule has 0 saturated heterocycles. The number of amides is 1. The Morgan fingerprint density at radius 1 is 1.18 bits per heavy atom. The molecule has 1 fully saturated rings. The Bertz CT molecular complexity index is 1240. The van der Waals surface area contributed by atoms with Crippen molar-refractivity contribution in [3.63, 3.8) is 0 Å². The standard InChI is InChI=1S/C20H17N7O/c21-18(28)20-25-24-15-10-11(6-8-26(15)20)17-16(14-3-1-2-7-22-14)23-19-12-4-5-13(9-12)27(17)19/h1-3,6-8,10,12-13H,4-5,9H2,(H2,21,28)/t12?,13-/m1/s1. The second-order valence-corrected chi connectivity index (χ2v) is 7.45. The molecule has 1 unspecified atom stereocenters. The molecule has 8 nitrogen and oxygen atoms in total. The molecule has 0 spiro atoms. The number of rotatable bonds is 3. The van der Waals surface area contributed by atoms with Gasteiger partial charge in [-0.2, -0.15) is 0 Å². The summed E-state index contributed by atoms with van der Waals surface area (Å²) in [6, 6.07) is 10.3. The molecule has 2 bridgehead atoms. The lowest BCUT2D eigenvalue weighted by atomic mass is 10.1. The molecule has 28 heavy (non-hydrogen) atoms. The van der Waals surface area contributed by atoms with E-state index in [0.717, 1.165) is 34.9 Å². The molecule has 2 atom stereocenters. The average molecular weight is 371 g/mol. The van der Waals surface area contributed by atoms with Crippen LogP contribution in [0.3, 0.4) is 0 Å². The van der Waals surface area contributed by atoms with E-state index in [0.29, 0.717) is 17.6 Å². The minimum Gasteiger partial charge on any atom is -0.363 e. The van der Waals surface area contributed by atoms with Crippen LogP contribution >= 0.6 is 0 Å². The van der Waals surface area contributed by atoms with Crippen LogP contribution in [0, 0.1) is 0 Å². The molecule has 5 heterocycles. The first-order valence-electron chi connectivity index (χ1n) is 9.39. The van der Waals surface area contributed by atoms with E-state index in [-0.39, 0.29) is 5.82 Å². The average Bonchev–Trinajstić information content (AvgIpc) is 3.47. The summed E-state index contributed by atoms with van der Waals surface area (Å²) >= 11 is 0. The molecule has 2 N–H and O–H groups in total. The third kappa shape index (κ3) is 2.02. The monoisotopic (exact) mass is 371 g/mol. The lowest BCUT2D eigenvalue weighted by Crippen LogP contribution is -2.15. The summed E-state index contributed by atoms with van der Waals surface area (Å²) in [6.07, 6.45) is 7.13. The van der Waals surface area contributed by atoms with Gasteiger partial charge in [-0.25, -0.2) is 4.98 Å². The Labute approximate surface area is 160 Å². The van der Waals surface area contributed by atoms with Crippen molar-refractivity contribution in [2.75, 3.05) is 0 Å². The number of imidazole rings is 1. The fraction of sp³-hybridized carbons (Fsp3) is 0.250. The number of carbonyl (C=O) groups is 1. The highest BCUT2D eigenvalue weighted by atomic mass is 16.1. The lowest BCUT2D eigenvalue weighted by molar-refractivity contribution is 0.0989. The highest BCUT2D eigenvalue weighted by molar-refractivity contribution is 5.90. The molecule has 6 rings (SSSR count). The van der Waals surface area contributed by atoms with Crippen LogP contribution in [0.1, 0.15) is 47.7 Å². The Morgan fingerprint density at radius 3 is 2.93 bits per heavy atom. The zero-order valence-electron chi connectivity index (χ0n) is 15.0. The van der Waals surface area contributed by atoms with Gasteiger partial charge in [0.1, 0.15) is 11.5 Å². The SMILES string of the molecule is NC(=O)c1nnc2cc(-c3c(-c4ccccn4)nc4n3[C@@H]3CCC4C3)ccn12. The van der Waals surface area contributed by atoms with Crippen LogP contribution < -0.4 is 5.73 Å². The van der Waals surface area contributed by atoms with E-state index in [9.17, 15) is 4.79 Å². The van der Waals surface area contributed by atoms with Crippen LogP contribution in [0.25, 0.3) is 28.3 Å². The van der Waals surface area contributed by atoms with Gasteiger partial charge in [-0.3, -0.25) is 14.2 Å². The summed E-state index contributed by atoms with van der Waals surface area (Å²) in [5.41, 5.74) is 9.77. The lowest BCUT2D eigenvalue weighted by Gasteiger charge is -2.17. The van der Waals surface area contributed by atoms with Gasteiger partial charge in [-0.15, -0.1) is 10.2 Å². The predicted octanol–water partition coefficient (Wildman–Crippen LogP) is 2.58. The summed E-state index contributed by atoms with van der Waals surface area (Å²) in [4.78, 5) is 21.1. The van der Waals surface area contributed by atoms with E-state index in [2.05, 4.69) is 19.7 Å². The Balaban J connectivity index is 1.60. The molecule has 8 heteroatoms. The van der Waals surface area contributed by atoms with Gasteiger partial charge in [0, 0.05) is 29.9 Å². The van der Waals surface area contributed by atoms with Crippen molar-refractivity contribution < 1.29 is 4.79 Å². The summed E-state index contributed by atoms with van der Waals surface area (Å²) < 4.78 is 4.00.